The quantitative estimate of drug-likeness (QED) is 0.765. The van der Waals surface area contributed by atoms with Crippen molar-refractivity contribution in [3.63, 3.8) is 0 Å². The van der Waals surface area contributed by atoms with Crippen LogP contribution in [0.4, 0.5) is 0 Å². The monoisotopic (exact) mass is 260 g/mol. The standard InChI is InChI=1S/C12H9ClN4O/c13-8-5-6-12(14-10(8)7-18)17-11-4-2-1-3-9(11)15-16-17/h1-6,18H,7H2. The molecule has 90 valence electrons. The van der Waals surface area contributed by atoms with E-state index in [1.807, 2.05) is 24.3 Å². The molecule has 0 unspecified atom stereocenters. The van der Waals surface area contributed by atoms with Crippen LogP contribution in [0, 0.1) is 0 Å². The van der Waals surface area contributed by atoms with Crippen LogP contribution in [0.1, 0.15) is 5.69 Å². The maximum absolute atomic E-state index is 9.16. The van der Waals surface area contributed by atoms with Gasteiger partial charge < -0.3 is 5.11 Å². The molecule has 0 saturated carbocycles. The van der Waals surface area contributed by atoms with Gasteiger partial charge in [0.25, 0.3) is 0 Å². The number of fused-ring (bicyclic) bond motifs is 1. The summed E-state index contributed by atoms with van der Waals surface area (Å²) in [5.74, 6) is 0.581. The van der Waals surface area contributed by atoms with Gasteiger partial charge in [-0.1, -0.05) is 28.9 Å². The zero-order valence-corrected chi connectivity index (χ0v) is 10.0. The highest BCUT2D eigenvalue weighted by molar-refractivity contribution is 6.31. The summed E-state index contributed by atoms with van der Waals surface area (Å²) in [4.78, 5) is 4.26. The van der Waals surface area contributed by atoms with Gasteiger partial charge in [0.15, 0.2) is 5.82 Å². The number of halogens is 1. The minimum absolute atomic E-state index is 0.209. The lowest BCUT2D eigenvalue weighted by molar-refractivity contribution is 0.277. The van der Waals surface area contributed by atoms with Gasteiger partial charge in [-0.15, -0.1) is 5.10 Å². The van der Waals surface area contributed by atoms with Gasteiger partial charge >= 0.3 is 0 Å². The molecule has 0 radical (unpaired) electrons. The fourth-order valence-electron chi connectivity index (χ4n) is 1.74. The Morgan fingerprint density at radius 3 is 2.83 bits per heavy atom. The van der Waals surface area contributed by atoms with Crippen molar-refractivity contribution in [3.8, 4) is 5.82 Å². The van der Waals surface area contributed by atoms with E-state index < -0.39 is 0 Å². The summed E-state index contributed by atoms with van der Waals surface area (Å²) in [7, 11) is 0. The Kier molecular flexibility index (Phi) is 2.70. The van der Waals surface area contributed by atoms with Gasteiger partial charge in [0, 0.05) is 0 Å². The van der Waals surface area contributed by atoms with Crippen molar-refractivity contribution in [1.82, 2.24) is 20.0 Å². The van der Waals surface area contributed by atoms with Gasteiger partial charge in [-0.25, -0.2) is 4.98 Å². The minimum Gasteiger partial charge on any atom is -0.390 e. The van der Waals surface area contributed by atoms with Crippen molar-refractivity contribution in [2.45, 2.75) is 6.61 Å². The van der Waals surface area contributed by atoms with Crippen molar-refractivity contribution < 1.29 is 5.11 Å². The maximum atomic E-state index is 9.16. The molecule has 3 aromatic rings. The Bertz CT molecular complexity index is 710. The first-order valence-corrected chi connectivity index (χ1v) is 5.74. The topological polar surface area (TPSA) is 63.8 Å². The fraction of sp³-hybridized carbons (Fsp3) is 0.0833. The number of para-hydroxylation sites is 1. The van der Waals surface area contributed by atoms with E-state index in [2.05, 4.69) is 15.3 Å². The van der Waals surface area contributed by atoms with E-state index in [0.717, 1.165) is 11.0 Å². The Morgan fingerprint density at radius 1 is 1.17 bits per heavy atom. The van der Waals surface area contributed by atoms with Gasteiger partial charge in [-0.05, 0) is 24.3 Å². The SMILES string of the molecule is OCc1nc(-n2nnc3ccccc32)ccc1Cl. The molecule has 6 heteroatoms. The van der Waals surface area contributed by atoms with Crippen molar-refractivity contribution in [1.29, 1.82) is 0 Å². The normalized spacial score (nSPS) is 11.0. The molecular weight excluding hydrogens is 252 g/mol. The molecule has 0 aliphatic carbocycles. The first kappa shape index (κ1) is 11.1. The van der Waals surface area contributed by atoms with Crippen LogP contribution in [-0.2, 0) is 6.61 Å². The first-order valence-electron chi connectivity index (χ1n) is 5.36. The van der Waals surface area contributed by atoms with Crippen molar-refractivity contribution in [3.05, 3.63) is 47.1 Å². The third-order valence-electron chi connectivity index (χ3n) is 2.62. The van der Waals surface area contributed by atoms with E-state index in [1.165, 1.54) is 0 Å². The molecule has 3 rings (SSSR count). The van der Waals surface area contributed by atoms with Crippen LogP contribution in [0.15, 0.2) is 36.4 Å². The summed E-state index contributed by atoms with van der Waals surface area (Å²) in [6.07, 6.45) is 0. The molecule has 0 aliphatic rings. The molecule has 0 bridgehead atoms. The number of aliphatic hydroxyl groups excluding tert-OH is 1. The van der Waals surface area contributed by atoms with Crippen LogP contribution in [0.3, 0.4) is 0 Å². The van der Waals surface area contributed by atoms with Crippen molar-refractivity contribution in [2.75, 3.05) is 0 Å². The van der Waals surface area contributed by atoms with Crippen LogP contribution in [0.5, 0.6) is 0 Å². The second-order valence-electron chi connectivity index (χ2n) is 3.75. The smallest absolute Gasteiger partial charge is 0.156 e. The highest BCUT2D eigenvalue weighted by Gasteiger charge is 2.09. The Morgan fingerprint density at radius 2 is 2.00 bits per heavy atom. The largest absolute Gasteiger partial charge is 0.390 e. The fourth-order valence-corrected chi connectivity index (χ4v) is 1.90. The number of hydrogen-bond donors (Lipinski definition) is 1. The lowest BCUT2D eigenvalue weighted by Gasteiger charge is -2.04. The molecule has 0 fully saturated rings. The third-order valence-corrected chi connectivity index (χ3v) is 2.97. The number of nitrogens with zero attached hydrogens (tertiary/aromatic N) is 4. The zero-order valence-electron chi connectivity index (χ0n) is 9.29. The van der Waals surface area contributed by atoms with Crippen LogP contribution in [0.25, 0.3) is 16.9 Å². The summed E-state index contributed by atoms with van der Waals surface area (Å²) in [6, 6.07) is 11.0. The van der Waals surface area contributed by atoms with Gasteiger partial charge in [0.1, 0.15) is 5.52 Å². The molecule has 0 saturated heterocycles. The van der Waals surface area contributed by atoms with Crippen molar-refractivity contribution in [2.24, 2.45) is 0 Å². The summed E-state index contributed by atoms with van der Waals surface area (Å²) >= 11 is 5.91. The molecular formula is C12H9ClN4O. The molecule has 0 spiro atoms. The summed E-state index contributed by atoms with van der Waals surface area (Å²) < 4.78 is 1.62. The maximum Gasteiger partial charge on any atom is 0.156 e. The molecule has 5 nitrogen and oxygen atoms in total. The predicted molar refractivity (Wildman–Crippen MR) is 67.6 cm³/mol. The van der Waals surface area contributed by atoms with Crippen LogP contribution in [0.2, 0.25) is 5.02 Å². The van der Waals surface area contributed by atoms with Crippen LogP contribution in [-0.4, -0.2) is 25.1 Å². The molecule has 2 heterocycles. The number of rotatable bonds is 2. The molecule has 0 atom stereocenters. The summed E-state index contributed by atoms with van der Waals surface area (Å²) in [5, 5.41) is 17.7. The summed E-state index contributed by atoms with van der Waals surface area (Å²) in [6.45, 7) is -0.209. The lowest BCUT2D eigenvalue weighted by atomic mass is 10.3. The molecule has 2 aromatic heterocycles. The number of aromatic nitrogens is 4. The van der Waals surface area contributed by atoms with Gasteiger partial charge in [0.2, 0.25) is 0 Å². The first-order chi connectivity index (χ1) is 8.79. The Hall–Kier alpha value is -1.98. The summed E-state index contributed by atoms with van der Waals surface area (Å²) in [5.41, 5.74) is 2.07. The van der Waals surface area contributed by atoms with Gasteiger partial charge in [-0.2, -0.15) is 4.68 Å². The van der Waals surface area contributed by atoms with Crippen LogP contribution < -0.4 is 0 Å². The highest BCUT2D eigenvalue weighted by Crippen LogP contribution is 2.18. The zero-order chi connectivity index (χ0) is 12.5. The minimum atomic E-state index is -0.209. The average molecular weight is 261 g/mol. The molecule has 0 aliphatic heterocycles. The van der Waals surface area contributed by atoms with Gasteiger partial charge in [-0.3, -0.25) is 0 Å². The number of pyridine rings is 1. The third kappa shape index (κ3) is 1.73. The van der Waals surface area contributed by atoms with E-state index in [9.17, 15) is 0 Å². The highest BCUT2D eigenvalue weighted by atomic mass is 35.5. The second-order valence-corrected chi connectivity index (χ2v) is 4.15. The number of hydrogen-bond acceptors (Lipinski definition) is 4. The van der Waals surface area contributed by atoms with E-state index in [1.54, 1.807) is 16.8 Å². The van der Waals surface area contributed by atoms with Crippen molar-refractivity contribution >= 4 is 22.6 Å². The number of aliphatic hydroxyl groups is 1. The molecule has 0 amide bonds. The van der Waals surface area contributed by atoms with Crippen LogP contribution >= 0.6 is 11.6 Å². The van der Waals surface area contributed by atoms with E-state index >= 15 is 0 Å². The van der Waals surface area contributed by atoms with Gasteiger partial charge in [0.05, 0.1) is 22.8 Å². The van der Waals surface area contributed by atoms with E-state index in [4.69, 9.17) is 16.7 Å². The van der Waals surface area contributed by atoms with E-state index in [-0.39, 0.29) is 6.61 Å². The Balaban J connectivity index is 2.20. The number of benzene rings is 1. The van der Waals surface area contributed by atoms with E-state index in [0.29, 0.717) is 16.5 Å². The Labute approximate surface area is 108 Å². The molecule has 1 aromatic carbocycles. The second kappa shape index (κ2) is 4.36. The molecule has 18 heavy (non-hydrogen) atoms. The lowest BCUT2D eigenvalue weighted by Crippen LogP contribution is -2.02. The average Bonchev–Trinajstić information content (AvgIpc) is 2.83. The predicted octanol–water partition coefficient (Wildman–Crippen LogP) is 1.96. The molecule has 1 N–H and O–H groups in total.